The Labute approximate surface area is 124 Å². The summed E-state index contributed by atoms with van der Waals surface area (Å²) in [6, 6.07) is 0. The van der Waals surface area contributed by atoms with Crippen molar-refractivity contribution >= 4 is 17.8 Å². The van der Waals surface area contributed by atoms with Crippen molar-refractivity contribution in [3.05, 3.63) is 0 Å². The van der Waals surface area contributed by atoms with Crippen molar-refractivity contribution in [1.82, 2.24) is 16.3 Å². The Morgan fingerprint density at radius 3 is 1.76 bits per heavy atom. The maximum absolute atomic E-state index is 11.5. The number of hydrogen-bond acceptors (Lipinski definition) is 7. The highest BCUT2D eigenvalue weighted by atomic mass is 16.7. The molecule has 0 unspecified atom stereocenters. The van der Waals surface area contributed by atoms with E-state index < -0.39 is 0 Å². The minimum absolute atomic E-state index is 0.00966. The molecule has 1 amide bonds. The normalized spacial score (nSPS) is 10.0. The van der Waals surface area contributed by atoms with Gasteiger partial charge < -0.3 is 15.0 Å². The van der Waals surface area contributed by atoms with Crippen LogP contribution in [0.1, 0.15) is 46.0 Å². The number of carbonyl (C=O) groups is 3. The van der Waals surface area contributed by atoms with Gasteiger partial charge in [-0.05, 0) is 25.7 Å². The molecule has 0 fully saturated rings. The van der Waals surface area contributed by atoms with E-state index in [1.54, 1.807) is 0 Å². The first-order valence-electron chi connectivity index (χ1n) is 7.09. The number of nitrogens with one attached hydrogen (secondary N) is 3. The Kier molecular flexibility index (Phi) is 12.3. The van der Waals surface area contributed by atoms with Crippen LogP contribution in [-0.2, 0) is 24.1 Å². The molecule has 3 N–H and O–H groups in total. The molecule has 0 aromatic heterocycles. The van der Waals surface area contributed by atoms with Gasteiger partial charge in [0.2, 0.25) is 5.91 Å². The van der Waals surface area contributed by atoms with Gasteiger partial charge in [-0.2, -0.15) is 11.0 Å². The fourth-order valence-corrected chi connectivity index (χ4v) is 1.43. The Balaban J connectivity index is 3.23. The average Bonchev–Trinajstić information content (AvgIpc) is 2.41. The molecular weight excluding hydrogens is 278 g/mol. The largest absolute Gasteiger partial charge is 0.371 e. The molecular formula is C13H25N3O5. The molecule has 8 nitrogen and oxygen atoms in total. The summed E-state index contributed by atoms with van der Waals surface area (Å²) in [5.41, 5.74) is 5.04. The number of carbonyl (C=O) groups excluding carboxylic acids is 3. The molecule has 0 aromatic carbocycles. The van der Waals surface area contributed by atoms with E-state index in [2.05, 4.69) is 26.0 Å². The Morgan fingerprint density at radius 2 is 1.24 bits per heavy atom. The zero-order valence-corrected chi connectivity index (χ0v) is 12.7. The lowest BCUT2D eigenvalue weighted by molar-refractivity contribution is -0.149. The molecule has 0 rings (SSSR count). The summed E-state index contributed by atoms with van der Waals surface area (Å²) in [5.74, 6) is -0.738. The van der Waals surface area contributed by atoms with Crippen molar-refractivity contribution in [3.63, 3.8) is 0 Å². The summed E-state index contributed by atoms with van der Waals surface area (Å²) >= 11 is 0. The second kappa shape index (κ2) is 13.3. The van der Waals surface area contributed by atoms with Gasteiger partial charge in [0.05, 0.1) is 0 Å². The van der Waals surface area contributed by atoms with Crippen LogP contribution in [0.5, 0.6) is 0 Å². The van der Waals surface area contributed by atoms with Crippen molar-refractivity contribution in [2.24, 2.45) is 0 Å². The second-order valence-electron chi connectivity index (χ2n) is 4.49. The Morgan fingerprint density at radius 1 is 0.762 bits per heavy atom. The van der Waals surface area contributed by atoms with Crippen molar-refractivity contribution in [3.8, 4) is 0 Å². The maximum Gasteiger partial charge on any atom is 0.321 e. The fourth-order valence-electron chi connectivity index (χ4n) is 1.43. The van der Waals surface area contributed by atoms with E-state index in [0.29, 0.717) is 26.1 Å². The van der Waals surface area contributed by atoms with E-state index in [9.17, 15) is 14.4 Å². The summed E-state index contributed by atoms with van der Waals surface area (Å²) < 4.78 is 0. The lowest BCUT2D eigenvalue weighted by atomic mass is 10.2. The number of rotatable bonds is 12. The van der Waals surface area contributed by atoms with Gasteiger partial charge in [0.15, 0.2) is 0 Å². The third-order valence-electron chi connectivity index (χ3n) is 2.39. The minimum atomic E-state index is -0.379. The summed E-state index contributed by atoms with van der Waals surface area (Å²) in [4.78, 5) is 41.5. The molecule has 0 aliphatic carbocycles. The van der Waals surface area contributed by atoms with Crippen LogP contribution in [0.15, 0.2) is 0 Å². The van der Waals surface area contributed by atoms with Gasteiger partial charge in [0.1, 0.15) is 0 Å². The zero-order valence-electron chi connectivity index (χ0n) is 12.7. The van der Waals surface area contributed by atoms with Crippen LogP contribution in [0.2, 0.25) is 0 Å². The van der Waals surface area contributed by atoms with E-state index in [1.165, 1.54) is 13.8 Å². The van der Waals surface area contributed by atoms with Crippen LogP contribution < -0.4 is 16.3 Å². The zero-order chi connectivity index (χ0) is 15.9. The minimum Gasteiger partial charge on any atom is -0.371 e. The molecule has 122 valence electrons. The third-order valence-corrected chi connectivity index (χ3v) is 2.39. The highest BCUT2D eigenvalue weighted by molar-refractivity contribution is 5.75. The highest BCUT2D eigenvalue weighted by Crippen LogP contribution is 1.94. The number of amides is 1. The molecule has 0 saturated heterocycles. The summed E-state index contributed by atoms with van der Waals surface area (Å²) in [6.07, 6.45) is 3.56. The van der Waals surface area contributed by atoms with Crippen LogP contribution in [0, 0.1) is 0 Å². The molecule has 0 bridgehead atoms. The Bertz CT molecular complexity index is 323. The molecule has 0 atom stereocenters. The maximum atomic E-state index is 11.5. The Hall–Kier alpha value is -1.67. The van der Waals surface area contributed by atoms with Crippen molar-refractivity contribution < 1.29 is 24.1 Å². The van der Waals surface area contributed by atoms with Crippen LogP contribution in [0.4, 0.5) is 0 Å². The summed E-state index contributed by atoms with van der Waals surface area (Å²) in [7, 11) is 0. The summed E-state index contributed by atoms with van der Waals surface area (Å²) in [6.45, 7) is 4.36. The molecule has 8 heteroatoms. The van der Waals surface area contributed by atoms with Crippen LogP contribution in [0.25, 0.3) is 0 Å². The van der Waals surface area contributed by atoms with Gasteiger partial charge in [-0.1, -0.05) is 0 Å². The molecule has 0 saturated carbocycles. The molecule has 0 spiro atoms. The van der Waals surface area contributed by atoms with Gasteiger partial charge >= 0.3 is 11.9 Å². The molecule has 0 radical (unpaired) electrons. The van der Waals surface area contributed by atoms with Crippen LogP contribution >= 0.6 is 0 Å². The molecule has 21 heavy (non-hydrogen) atoms. The molecule has 0 aromatic rings. The van der Waals surface area contributed by atoms with Crippen molar-refractivity contribution in [2.75, 3.05) is 19.6 Å². The van der Waals surface area contributed by atoms with Crippen LogP contribution in [-0.4, -0.2) is 37.5 Å². The fraction of sp³-hybridized carbons (Fsp3) is 0.769. The topological polar surface area (TPSA) is 106 Å². The monoisotopic (exact) mass is 303 g/mol. The van der Waals surface area contributed by atoms with Gasteiger partial charge in [-0.15, -0.1) is 0 Å². The second-order valence-corrected chi connectivity index (χ2v) is 4.49. The first kappa shape index (κ1) is 19.3. The van der Waals surface area contributed by atoms with Crippen molar-refractivity contribution in [1.29, 1.82) is 0 Å². The van der Waals surface area contributed by atoms with Gasteiger partial charge in [0.25, 0.3) is 0 Å². The van der Waals surface area contributed by atoms with E-state index in [1.807, 2.05) is 0 Å². The molecule has 0 aliphatic rings. The lowest BCUT2D eigenvalue weighted by Gasteiger charge is -2.06. The number of hydrogen-bond donors (Lipinski definition) is 3. The summed E-state index contributed by atoms with van der Waals surface area (Å²) in [5, 5.41) is 2.81. The number of unbranched alkanes of at least 4 members (excludes halogenated alkanes) is 2. The lowest BCUT2D eigenvalue weighted by Crippen LogP contribution is -2.26. The van der Waals surface area contributed by atoms with E-state index in [4.69, 9.17) is 0 Å². The average molecular weight is 303 g/mol. The highest BCUT2D eigenvalue weighted by Gasteiger charge is 2.00. The molecule has 0 heterocycles. The van der Waals surface area contributed by atoms with Gasteiger partial charge in [-0.25, -0.2) is 0 Å². The predicted molar refractivity (Wildman–Crippen MR) is 75.6 cm³/mol. The van der Waals surface area contributed by atoms with Crippen LogP contribution in [0.3, 0.4) is 0 Å². The molecule has 0 aliphatic heterocycles. The SMILES string of the molecule is CC(=O)ONCCCCNC(=O)CCCCNOC(C)=O. The van der Waals surface area contributed by atoms with E-state index >= 15 is 0 Å². The predicted octanol–water partition coefficient (Wildman–Crippen LogP) is 0.189. The van der Waals surface area contributed by atoms with Crippen molar-refractivity contribution in [2.45, 2.75) is 46.0 Å². The quantitative estimate of drug-likeness (QED) is 0.349. The van der Waals surface area contributed by atoms with Gasteiger partial charge in [0, 0.05) is 39.9 Å². The van der Waals surface area contributed by atoms with E-state index in [0.717, 1.165) is 25.7 Å². The van der Waals surface area contributed by atoms with E-state index in [-0.39, 0.29) is 17.8 Å². The number of hydroxylamine groups is 2. The smallest absolute Gasteiger partial charge is 0.321 e. The van der Waals surface area contributed by atoms with Gasteiger partial charge in [-0.3, -0.25) is 14.4 Å². The standard InChI is InChI=1S/C13H25N3O5/c1-11(17)20-15-9-4-3-7-13(19)14-8-5-6-10-16-21-12(2)18/h15-16H,3-10H2,1-2H3,(H,14,19). The third kappa shape index (κ3) is 16.3. The first-order chi connectivity index (χ1) is 10.0. The first-order valence-corrected chi connectivity index (χ1v) is 7.09.